The molecule has 2 amide bonds. The average molecular weight is 515 g/mol. The SMILES string of the molecule is CC(=O)N1CCC(n2cc(-c3cnc(N)c4oc(-c5cccc(C(=O)N6CCOCC6)c5)cc34)cn2)CC1. The summed E-state index contributed by atoms with van der Waals surface area (Å²) in [4.78, 5) is 32.7. The second-order valence-electron chi connectivity index (χ2n) is 9.84. The highest BCUT2D eigenvalue weighted by atomic mass is 16.5. The maximum Gasteiger partial charge on any atom is 0.254 e. The van der Waals surface area contributed by atoms with Gasteiger partial charge in [0.05, 0.1) is 25.5 Å². The lowest BCUT2D eigenvalue weighted by Crippen LogP contribution is -2.40. The van der Waals surface area contributed by atoms with E-state index in [1.54, 1.807) is 13.1 Å². The first-order chi connectivity index (χ1) is 18.5. The predicted molar refractivity (Wildman–Crippen MR) is 142 cm³/mol. The summed E-state index contributed by atoms with van der Waals surface area (Å²) in [5.74, 6) is 1.02. The average Bonchev–Trinajstić information content (AvgIpc) is 3.63. The Labute approximate surface area is 220 Å². The maximum absolute atomic E-state index is 13.0. The molecule has 4 aromatic rings. The van der Waals surface area contributed by atoms with E-state index >= 15 is 0 Å². The number of carbonyl (C=O) groups excluding carboxylic acids is 2. The van der Waals surface area contributed by atoms with Crippen LogP contribution in [0.5, 0.6) is 0 Å². The number of rotatable bonds is 4. The Balaban J connectivity index is 1.29. The molecule has 3 aromatic heterocycles. The first-order valence-corrected chi connectivity index (χ1v) is 12.9. The fourth-order valence-corrected chi connectivity index (χ4v) is 5.29. The van der Waals surface area contributed by atoms with Gasteiger partial charge >= 0.3 is 0 Å². The molecule has 196 valence electrons. The monoisotopic (exact) mass is 514 g/mol. The predicted octanol–water partition coefficient (Wildman–Crippen LogP) is 3.60. The van der Waals surface area contributed by atoms with Crippen LogP contribution in [0, 0.1) is 0 Å². The largest absolute Gasteiger partial charge is 0.452 e. The molecule has 0 unspecified atom stereocenters. The Kier molecular flexibility index (Phi) is 6.32. The van der Waals surface area contributed by atoms with Crippen molar-refractivity contribution in [3.05, 3.63) is 54.5 Å². The fraction of sp³-hybridized carbons (Fsp3) is 0.357. The Morgan fingerprint density at radius 2 is 1.79 bits per heavy atom. The third-order valence-electron chi connectivity index (χ3n) is 7.48. The number of aromatic nitrogens is 3. The number of benzene rings is 1. The van der Waals surface area contributed by atoms with Crippen molar-refractivity contribution < 1.29 is 18.7 Å². The number of furan rings is 1. The van der Waals surface area contributed by atoms with Gasteiger partial charge in [0.25, 0.3) is 5.91 Å². The molecule has 0 radical (unpaired) electrons. The Hall–Kier alpha value is -4.18. The summed E-state index contributed by atoms with van der Waals surface area (Å²) in [5, 5.41) is 5.46. The van der Waals surface area contributed by atoms with Crippen LogP contribution < -0.4 is 5.73 Å². The Morgan fingerprint density at radius 1 is 1.00 bits per heavy atom. The number of carbonyl (C=O) groups is 2. The highest BCUT2D eigenvalue weighted by Gasteiger charge is 2.24. The molecule has 2 fully saturated rings. The minimum Gasteiger partial charge on any atom is -0.452 e. The lowest BCUT2D eigenvalue weighted by molar-refractivity contribution is -0.130. The van der Waals surface area contributed by atoms with Crippen LogP contribution >= 0.6 is 0 Å². The molecule has 2 aliphatic rings. The molecule has 10 heteroatoms. The van der Waals surface area contributed by atoms with Gasteiger partial charge in [-0.2, -0.15) is 5.10 Å². The van der Waals surface area contributed by atoms with Gasteiger partial charge in [-0.05, 0) is 31.0 Å². The summed E-state index contributed by atoms with van der Waals surface area (Å²) >= 11 is 0. The molecule has 1 aromatic carbocycles. The molecule has 6 rings (SSSR count). The molecule has 0 aliphatic carbocycles. The first-order valence-electron chi connectivity index (χ1n) is 12.9. The fourth-order valence-electron chi connectivity index (χ4n) is 5.29. The number of fused-ring (bicyclic) bond motifs is 1. The van der Waals surface area contributed by atoms with Gasteiger partial charge in [0, 0.05) is 73.1 Å². The summed E-state index contributed by atoms with van der Waals surface area (Å²) in [6.07, 6.45) is 7.33. The quantitative estimate of drug-likeness (QED) is 0.442. The number of nitrogens with two attached hydrogens (primary N) is 1. The molecule has 0 saturated carbocycles. The summed E-state index contributed by atoms with van der Waals surface area (Å²) in [5.41, 5.74) is 9.89. The topological polar surface area (TPSA) is 120 Å². The van der Waals surface area contributed by atoms with Gasteiger partial charge < -0.3 is 24.7 Å². The zero-order valence-corrected chi connectivity index (χ0v) is 21.3. The van der Waals surface area contributed by atoms with Crippen molar-refractivity contribution in [1.82, 2.24) is 24.6 Å². The van der Waals surface area contributed by atoms with E-state index in [1.807, 2.05) is 57.2 Å². The number of ether oxygens (including phenoxy) is 1. The summed E-state index contributed by atoms with van der Waals surface area (Å²) in [7, 11) is 0. The molecule has 2 N–H and O–H groups in total. The van der Waals surface area contributed by atoms with Gasteiger partial charge in [-0.1, -0.05) is 12.1 Å². The van der Waals surface area contributed by atoms with Crippen LogP contribution in [0.4, 0.5) is 5.82 Å². The molecule has 0 bridgehead atoms. The number of morpholine rings is 1. The number of hydrogen-bond acceptors (Lipinski definition) is 7. The normalized spacial score (nSPS) is 16.8. The Bertz CT molecular complexity index is 1490. The number of anilines is 1. The van der Waals surface area contributed by atoms with E-state index in [1.165, 1.54) is 0 Å². The number of pyridine rings is 1. The van der Waals surface area contributed by atoms with Gasteiger partial charge in [-0.15, -0.1) is 0 Å². The zero-order valence-electron chi connectivity index (χ0n) is 21.3. The molecule has 0 spiro atoms. The number of nitrogen functional groups attached to an aromatic ring is 1. The lowest BCUT2D eigenvalue weighted by Gasteiger charge is -2.31. The van der Waals surface area contributed by atoms with Gasteiger partial charge in [0.2, 0.25) is 5.91 Å². The van der Waals surface area contributed by atoms with E-state index in [-0.39, 0.29) is 17.9 Å². The number of likely N-dealkylation sites (tertiary alicyclic amines) is 1. The summed E-state index contributed by atoms with van der Waals surface area (Å²) in [6.45, 7) is 5.37. The second kappa shape index (κ2) is 9.94. The smallest absolute Gasteiger partial charge is 0.254 e. The molecule has 0 atom stereocenters. The number of hydrogen-bond donors (Lipinski definition) is 1. The van der Waals surface area contributed by atoms with Crippen molar-refractivity contribution in [2.24, 2.45) is 0 Å². The second-order valence-corrected chi connectivity index (χ2v) is 9.84. The lowest BCUT2D eigenvalue weighted by atomic mass is 10.0. The highest BCUT2D eigenvalue weighted by molar-refractivity contribution is 6.00. The van der Waals surface area contributed by atoms with Gasteiger partial charge in [-0.25, -0.2) is 4.98 Å². The van der Waals surface area contributed by atoms with Crippen LogP contribution in [0.2, 0.25) is 0 Å². The van der Waals surface area contributed by atoms with Crippen LogP contribution in [0.3, 0.4) is 0 Å². The van der Waals surface area contributed by atoms with E-state index in [4.69, 9.17) is 14.9 Å². The molecular formula is C28H30N6O4. The molecule has 5 heterocycles. The highest BCUT2D eigenvalue weighted by Crippen LogP contribution is 2.37. The third kappa shape index (κ3) is 4.51. The standard InChI is InChI=1S/C28H30N6O4/c1-18(35)32-7-5-22(6-8-32)34-17-21(15-31-34)24-16-30-27(29)26-23(24)14-25(38-26)19-3-2-4-20(13-19)28(36)33-9-11-37-12-10-33/h2-4,13-17,22H,5-12H2,1H3,(H2,29,30). The summed E-state index contributed by atoms with van der Waals surface area (Å²) in [6, 6.07) is 9.64. The summed E-state index contributed by atoms with van der Waals surface area (Å²) < 4.78 is 13.5. The van der Waals surface area contributed by atoms with Gasteiger partial charge in [0.1, 0.15) is 5.76 Å². The van der Waals surface area contributed by atoms with Crippen molar-refractivity contribution >= 4 is 28.6 Å². The van der Waals surface area contributed by atoms with Crippen LogP contribution in [-0.2, 0) is 9.53 Å². The minimum absolute atomic E-state index is 0.0188. The Morgan fingerprint density at radius 3 is 2.55 bits per heavy atom. The van der Waals surface area contributed by atoms with Crippen molar-refractivity contribution in [3.63, 3.8) is 0 Å². The van der Waals surface area contributed by atoms with Crippen molar-refractivity contribution in [2.75, 3.05) is 45.1 Å². The maximum atomic E-state index is 13.0. The molecule has 2 saturated heterocycles. The number of piperidine rings is 1. The van der Waals surface area contributed by atoms with E-state index < -0.39 is 0 Å². The van der Waals surface area contributed by atoms with Gasteiger partial charge in [-0.3, -0.25) is 14.3 Å². The van der Waals surface area contributed by atoms with Crippen molar-refractivity contribution in [1.29, 1.82) is 0 Å². The number of amides is 2. The van der Waals surface area contributed by atoms with Crippen molar-refractivity contribution in [2.45, 2.75) is 25.8 Å². The molecule has 2 aliphatic heterocycles. The molecular weight excluding hydrogens is 484 g/mol. The van der Waals surface area contributed by atoms with Crippen LogP contribution in [0.15, 0.2) is 53.3 Å². The number of nitrogens with zero attached hydrogens (tertiary/aromatic N) is 5. The third-order valence-corrected chi connectivity index (χ3v) is 7.48. The van der Waals surface area contributed by atoms with E-state index in [2.05, 4.69) is 10.1 Å². The molecule has 10 nitrogen and oxygen atoms in total. The van der Waals surface area contributed by atoms with E-state index in [9.17, 15) is 9.59 Å². The van der Waals surface area contributed by atoms with E-state index in [0.29, 0.717) is 49.0 Å². The molecule has 38 heavy (non-hydrogen) atoms. The van der Waals surface area contributed by atoms with Crippen molar-refractivity contribution in [3.8, 4) is 22.5 Å². The minimum atomic E-state index is -0.0188. The van der Waals surface area contributed by atoms with Crippen LogP contribution in [-0.4, -0.2) is 75.8 Å². The first kappa shape index (κ1) is 24.2. The van der Waals surface area contributed by atoms with Gasteiger partial charge in [0.15, 0.2) is 11.4 Å². The van der Waals surface area contributed by atoms with Crippen LogP contribution in [0.1, 0.15) is 36.2 Å². The van der Waals surface area contributed by atoms with Crippen LogP contribution in [0.25, 0.3) is 33.4 Å². The van der Waals surface area contributed by atoms with E-state index in [0.717, 1.165) is 48.0 Å². The zero-order chi connectivity index (χ0) is 26.2.